The first kappa shape index (κ1) is 17.9. The maximum atomic E-state index is 12.8. The highest BCUT2D eigenvalue weighted by atomic mass is 16.5. The van der Waals surface area contributed by atoms with Crippen molar-refractivity contribution in [3.63, 3.8) is 0 Å². The van der Waals surface area contributed by atoms with E-state index in [4.69, 9.17) is 14.5 Å². The van der Waals surface area contributed by atoms with Gasteiger partial charge in [0.2, 0.25) is 0 Å². The molecule has 0 saturated heterocycles. The largest absolute Gasteiger partial charge is 0.469 e. The highest BCUT2D eigenvalue weighted by molar-refractivity contribution is 6.07. The molecular formula is C21H21NO4. The Morgan fingerprint density at radius 3 is 1.73 bits per heavy atom. The summed E-state index contributed by atoms with van der Waals surface area (Å²) in [7, 11) is 2.64. The van der Waals surface area contributed by atoms with Gasteiger partial charge in [0.25, 0.3) is 0 Å². The Morgan fingerprint density at radius 1 is 0.846 bits per heavy atom. The minimum Gasteiger partial charge on any atom is -0.469 e. The fourth-order valence-corrected chi connectivity index (χ4v) is 3.81. The molecule has 0 bridgehead atoms. The maximum absolute atomic E-state index is 12.8. The fourth-order valence-electron chi connectivity index (χ4n) is 3.81. The number of hydrogen-bond donors (Lipinski definition) is 0. The molecule has 0 fully saturated rings. The number of ether oxygens (including phenoxy) is 2. The van der Waals surface area contributed by atoms with Gasteiger partial charge < -0.3 is 9.47 Å². The summed E-state index contributed by atoms with van der Waals surface area (Å²) in [6.07, 6.45) is 0. The number of hydrogen-bond acceptors (Lipinski definition) is 5. The van der Waals surface area contributed by atoms with E-state index >= 15 is 0 Å². The number of nitrogens with zero attached hydrogens (tertiary/aromatic N) is 1. The van der Waals surface area contributed by atoms with Crippen LogP contribution in [0.4, 0.5) is 0 Å². The van der Waals surface area contributed by atoms with Crippen molar-refractivity contribution in [3.05, 3.63) is 71.8 Å². The summed E-state index contributed by atoms with van der Waals surface area (Å²) in [5.74, 6) is -2.62. The molecule has 0 unspecified atom stereocenters. The minimum absolute atomic E-state index is 0.490. The van der Waals surface area contributed by atoms with Crippen LogP contribution in [0.5, 0.6) is 0 Å². The topological polar surface area (TPSA) is 65.0 Å². The van der Waals surface area contributed by atoms with E-state index in [1.165, 1.54) is 14.2 Å². The first-order valence-corrected chi connectivity index (χ1v) is 8.39. The molecule has 2 aromatic rings. The van der Waals surface area contributed by atoms with Crippen LogP contribution < -0.4 is 0 Å². The van der Waals surface area contributed by atoms with Gasteiger partial charge in [0, 0.05) is 5.71 Å². The van der Waals surface area contributed by atoms with Gasteiger partial charge in [0.1, 0.15) is 17.4 Å². The van der Waals surface area contributed by atoms with E-state index in [9.17, 15) is 9.59 Å². The van der Waals surface area contributed by atoms with Crippen molar-refractivity contribution >= 4 is 17.7 Å². The fraction of sp³-hybridized carbons (Fsp3) is 0.286. The van der Waals surface area contributed by atoms with Crippen LogP contribution in [0.3, 0.4) is 0 Å². The molecule has 0 radical (unpaired) electrons. The number of rotatable bonds is 4. The molecule has 0 amide bonds. The quantitative estimate of drug-likeness (QED) is 0.795. The lowest BCUT2D eigenvalue weighted by molar-refractivity contribution is -0.156. The van der Waals surface area contributed by atoms with Crippen LogP contribution in [0.1, 0.15) is 18.1 Å². The van der Waals surface area contributed by atoms with Gasteiger partial charge in [-0.15, -0.1) is 0 Å². The van der Waals surface area contributed by atoms with Crippen LogP contribution in [0.25, 0.3) is 0 Å². The number of aliphatic imine (C=N–C) groups is 1. The first-order chi connectivity index (χ1) is 12.6. The second-order valence-electron chi connectivity index (χ2n) is 6.25. The summed E-state index contributed by atoms with van der Waals surface area (Å²) in [5.41, 5.74) is 1.16. The smallest absolute Gasteiger partial charge is 0.315 e. The Bertz CT molecular complexity index is 790. The Kier molecular flexibility index (Phi) is 4.89. The predicted octanol–water partition coefficient (Wildman–Crippen LogP) is 2.98. The van der Waals surface area contributed by atoms with Crippen molar-refractivity contribution < 1.29 is 19.1 Å². The number of esters is 2. The van der Waals surface area contributed by atoms with Gasteiger partial charge in [0.15, 0.2) is 0 Å². The molecule has 3 rings (SSSR count). The van der Waals surface area contributed by atoms with E-state index in [2.05, 4.69) is 0 Å². The summed E-state index contributed by atoms with van der Waals surface area (Å²) in [5, 5.41) is 0. The third kappa shape index (κ3) is 2.69. The summed E-state index contributed by atoms with van der Waals surface area (Å²) in [6.45, 7) is 1.76. The third-order valence-corrected chi connectivity index (χ3v) is 4.92. The van der Waals surface area contributed by atoms with Crippen LogP contribution in [0.15, 0.2) is 65.7 Å². The van der Waals surface area contributed by atoms with E-state index in [1.807, 2.05) is 60.7 Å². The van der Waals surface area contributed by atoms with Gasteiger partial charge in [-0.3, -0.25) is 14.6 Å². The van der Waals surface area contributed by atoms with E-state index < -0.39 is 29.3 Å². The monoisotopic (exact) mass is 351 g/mol. The van der Waals surface area contributed by atoms with Gasteiger partial charge in [-0.2, -0.15) is 0 Å². The molecule has 1 aliphatic heterocycles. The molecule has 0 saturated carbocycles. The zero-order chi connectivity index (χ0) is 18.7. The lowest BCUT2D eigenvalue weighted by Gasteiger charge is -2.34. The zero-order valence-electron chi connectivity index (χ0n) is 15.0. The lowest BCUT2D eigenvalue weighted by Crippen LogP contribution is -2.43. The van der Waals surface area contributed by atoms with Gasteiger partial charge in [-0.05, 0) is 18.1 Å². The van der Waals surface area contributed by atoms with E-state index in [0.717, 1.165) is 11.1 Å². The summed E-state index contributed by atoms with van der Waals surface area (Å²) < 4.78 is 10.1. The summed E-state index contributed by atoms with van der Waals surface area (Å²) >= 11 is 0. The molecule has 26 heavy (non-hydrogen) atoms. The van der Waals surface area contributed by atoms with Crippen molar-refractivity contribution in [2.75, 3.05) is 14.2 Å². The average molecular weight is 351 g/mol. The Labute approximate surface area is 152 Å². The lowest BCUT2D eigenvalue weighted by atomic mass is 9.70. The number of methoxy groups -OCH3 is 2. The SMILES string of the molecule is COC(=O)[C@H]1C(C)=NC(c2ccccc2)(c2ccccc2)[C@H]1C(=O)OC. The molecule has 0 N–H and O–H groups in total. The Morgan fingerprint density at radius 2 is 1.31 bits per heavy atom. The summed E-state index contributed by atoms with van der Waals surface area (Å²) in [6, 6.07) is 19.0. The summed E-state index contributed by atoms with van der Waals surface area (Å²) in [4.78, 5) is 30.2. The van der Waals surface area contributed by atoms with Crippen LogP contribution in [-0.4, -0.2) is 31.9 Å². The zero-order valence-corrected chi connectivity index (χ0v) is 15.0. The van der Waals surface area contributed by atoms with Crippen LogP contribution in [-0.2, 0) is 24.6 Å². The second-order valence-corrected chi connectivity index (χ2v) is 6.25. The number of carbonyl (C=O) groups excluding carboxylic acids is 2. The van der Waals surface area contributed by atoms with E-state index in [-0.39, 0.29) is 0 Å². The number of carbonyl (C=O) groups is 2. The van der Waals surface area contributed by atoms with Crippen molar-refractivity contribution in [2.24, 2.45) is 16.8 Å². The molecule has 134 valence electrons. The number of benzene rings is 2. The molecule has 0 aromatic heterocycles. The van der Waals surface area contributed by atoms with Crippen molar-refractivity contribution in [3.8, 4) is 0 Å². The Balaban J connectivity index is 2.32. The molecule has 2 atom stereocenters. The molecular weight excluding hydrogens is 330 g/mol. The van der Waals surface area contributed by atoms with Gasteiger partial charge in [-0.1, -0.05) is 60.7 Å². The van der Waals surface area contributed by atoms with Gasteiger partial charge in [0.05, 0.1) is 14.2 Å². The first-order valence-electron chi connectivity index (χ1n) is 8.39. The molecule has 1 aliphatic rings. The molecule has 2 aromatic carbocycles. The maximum Gasteiger partial charge on any atom is 0.315 e. The highest BCUT2D eigenvalue weighted by Gasteiger charge is 2.58. The van der Waals surface area contributed by atoms with Crippen molar-refractivity contribution in [1.82, 2.24) is 0 Å². The van der Waals surface area contributed by atoms with Crippen molar-refractivity contribution in [1.29, 1.82) is 0 Å². The van der Waals surface area contributed by atoms with Crippen LogP contribution in [0, 0.1) is 11.8 Å². The second kappa shape index (κ2) is 7.12. The van der Waals surface area contributed by atoms with Crippen LogP contribution in [0.2, 0.25) is 0 Å². The highest BCUT2D eigenvalue weighted by Crippen LogP contribution is 2.49. The Hall–Kier alpha value is -2.95. The average Bonchev–Trinajstić information content (AvgIpc) is 3.02. The standard InChI is InChI=1S/C21H21NO4/c1-14-17(19(23)25-2)18(20(24)26-3)21(22-14,15-10-6-4-7-11-15)16-12-8-5-9-13-16/h4-13,17-18H,1-3H3/t17-,18+/m0/s1. The predicted molar refractivity (Wildman–Crippen MR) is 97.8 cm³/mol. The third-order valence-electron chi connectivity index (χ3n) is 4.92. The van der Waals surface area contributed by atoms with Crippen molar-refractivity contribution in [2.45, 2.75) is 12.5 Å². The van der Waals surface area contributed by atoms with Gasteiger partial charge in [-0.25, -0.2) is 0 Å². The normalized spacial score (nSPS) is 21.0. The molecule has 0 aliphatic carbocycles. The molecule has 5 nitrogen and oxygen atoms in total. The molecule has 5 heteroatoms. The molecule has 1 heterocycles. The van der Waals surface area contributed by atoms with E-state index in [1.54, 1.807) is 6.92 Å². The van der Waals surface area contributed by atoms with Gasteiger partial charge >= 0.3 is 11.9 Å². The van der Waals surface area contributed by atoms with E-state index in [0.29, 0.717) is 5.71 Å². The van der Waals surface area contributed by atoms with Crippen LogP contribution >= 0.6 is 0 Å². The minimum atomic E-state index is -1.04. The molecule has 0 spiro atoms.